The van der Waals surface area contributed by atoms with Crippen molar-refractivity contribution in [3.05, 3.63) is 62.5 Å². The minimum atomic E-state index is -0.0213. The van der Waals surface area contributed by atoms with Gasteiger partial charge in [0, 0.05) is 21.9 Å². The first kappa shape index (κ1) is 13.8. The maximum absolute atomic E-state index is 6.51. The highest BCUT2D eigenvalue weighted by atomic mass is 127. The van der Waals surface area contributed by atoms with Crippen molar-refractivity contribution in [3.8, 4) is 0 Å². The Balaban J connectivity index is 2.19. The molecule has 1 atom stereocenters. The molecule has 1 aromatic heterocycles. The van der Waals surface area contributed by atoms with E-state index < -0.39 is 0 Å². The van der Waals surface area contributed by atoms with Crippen LogP contribution in [0, 0.1) is 17.4 Å². The molecule has 0 amide bonds. The standard InChI is InChI=1S/C15H15ClIN/c1-10-6-7-12(18-9-10)8-14(16)13-5-3-4-11(2)15(13)17/h3-7,9,14H,8H2,1-2H3. The molecular formula is C15H15ClIN. The molecule has 0 saturated carbocycles. The van der Waals surface area contributed by atoms with Crippen LogP contribution < -0.4 is 0 Å². The summed E-state index contributed by atoms with van der Waals surface area (Å²) in [5.41, 5.74) is 4.68. The molecule has 2 aromatic rings. The number of benzene rings is 1. The Hall–Kier alpha value is -0.610. The first-order chi connectivity index (χ1) is 8.58. The minimum Gasteiger partial charge on any atom is -0.261 e. The Morgan fingerprint density at radius 3 is 2.67 bits per heavy atom. The number of alkyl halides is 1. The SMILES string of the molecule is Cc1ccc(CC(Cl)c2cccc(C)c2I)nc1. The summed E-state index contributed by atoms with van der Waals surface area (Å²) >= 11 is 8.88. The van der Waals surface area contributed by atoms with Gasteiger partial charge < -0.3 is 0 Å². The summed E-state index contributed by atoms with van der Waals surface area (Å²) in [5.74, 6) is 0. The number of pyridine rings is 1. The van der Waals surface area contributed by atoms with Gasteiger partial charge >= 0.3 is 0 Å². The third-order valence-electron chi connectivity index (χ3n) is 2.92. The maximum Gasteiger partial charge on any atom is 0.0651 e. The van der Waals surface area contributed by atoms with Crippen molar-refractivity contribution in [3.63, 3.8) is 0 Å². The molecule has 0 saturated heterocycles. The highest BCUT2D eigenvalue weighted by Crippen LogP contribution is 2.29. The van der Waals surface area contributed by atoms with Gasteiger partial charge in [-0.3, -0.25) is 4.98 Å². The summed E-state index contributed by atoms with van der Waals surface area (Å²) in [5, 5.41) is -0.0213. The molecule has 18 heavy (non-hydrogen) atoms. The average Bonchev–Trinajstić information content (AvgIpc) is 2.35. The van der Waals surface area contributed by atoms with Crippen molar-refractivity contribution in [2.45, 2.75) is 25.6 Å². The first-order valence-electron chi connectivity index (χ1n) is 5.88. The molecule has 0 N–H and O–H groups in total. The fourth-order valence-corrected chi connectivity index (χ4v) is 3.08. The summed E-state index contributed by atoms with van der Waals surface area (Å²) in [4.78, 5) is 4.41. The zero-order valence-corrected chi connectivity index (χ0v) is 13.4. The summed E-state index contributed by atoms with van der Waals surface area (Å²) in [6.07, 6.45) is 2.65. The Kier molecular flexibility index (Phi) is 4.62. The van der Waals surface area contributed by atoms with Crippen LogP contribution in [0.4, 0.5) is 0 Å². The van der Waals surface area contributed by atoms with Crippen molar-refractivity contribution in [2.75, 3.05) is 0 Å². The Bertz CT molecular complexity index is 537. The van der Waals surface area contributed by atoms with Gasteiger partial charge in [-0.15, -0.1) is 11.6 Å². The predicted molar refractivity (Wildman–Crippen MR) is 85.2 cm³/mol. The molecule has 0 aliphatic carbocycles. The molecule has 0 radical (unpaired) electrons. The van der Waals surface area contributed by atoms with Gasteiger partial charge in [-0.25, -0.2) is 0 Å². The normalized spacial score (nSPS) is 12.4. The fraction of sp³-hybridized carbons (Fsp3) is 0.267. The van der Waals surface area contributed by atoms with Crippen molar-refractivity contribution >= 4 is 34.2 Å². The number of aryl methyl sites for hydroxylation is 2. The molecule has 0 fully saturated rings. The Morgan fingerprint density at radius 2 is 2.00 bits per heavy atom. The third kappa shape index (κ3) is 3.23. The smallest absolute Gasteiger partial charge is 0.0651 e. The van der Waals surface area contributed by atoms with Crippen LogP contribution in [0.2, 0.25) is 0 Å². The number of halogens is 2. The second-order valence-electron chi connectivity index (χ2n) is 4.48. The second-order valence-corrected chi connectivity index (χ2v) is 6.08. The molecule has 94 valence electrons. The molecule has 3 heteroatoms. The molecule has 1 aromatic carbocycles. The fourth-order valence-electron chi connectivity index (χ4n) is 1.82. The van der Waals surface area contributed by atoms with E-state index in [1.807, 2.05) is 19.2 Å². The zero-order chi connectivity index (χ0) is 13.1. The highest BCUT2D eigenvalue weighted by Gasteiger charge is 2.13. The average molecular weight is 372 g/mol. The molecule has 2 rings (SSSR count). The van der Waals surface area contributed by atoms with Crippen molar-refractivity contribution in [1.82, 2.24) is 4.98 Å². The molecule has 0 aliphatic heterocycles. The van der Waals surface area contributed by atoms with Crippen LogP contribution in [-0.2, 0) is 6.42 Å². The van der Waals surface area contributed by atoms with E-state index in [4.69, 9.17) is 11.6 Å². The van der Waals surface area contributed by atoms with Crippen LogP contribution in [0.15, 0.2) is 36.5 Å². The topological polar surface area (TPSA) is 12.9 Å². The predicted octanol–water partition coefficient (Wildman–Crippen LogP) is 4.83. The van der Waals surface area contributed by atoms with Crippen LogP contribution >= 0.6 is 34.2 Å². The number of aromatic nitrogens is 1. The van der Waals surface area contributed by atoms with E-state index in [-0.39, 0.29) is 5.38 Å². The van der Waals surface area contributed by atoms with Crippen molar-refractivity contribution in [1.29, 1.82) is 0 Å². The van der Waals surface area contributed by atoms with Gasteiger partial charge in [0.25, 0.3) is 0 Å². The van der Waals surface area contributed by atoms with Gasteiger partial charge in [0.15, 0.2) is 0 Å². The van der Waals surface area contributed by atoms with E-state index in [9.17, 15) is 0 Å². The van der Waals surface area contributed by atoms with Gasteiger partial charge in [-0.2, -0.15) is 0 Å². The van der Waals surface area contributed by atoms with Gasteiger partial charge in [0.05, 0.1) is 5.38 Å². The zero-order valence-electron chi connectivity index (χ0n) is 10.5. The summed E-state index contributed by atoms with van der Waals surface area (Å²) in [6, 6.07) is 10.4. The Morgan fingerprint density at radius 1 is 1.22 bits per heavy atom. The number of hydrogen-bond acceptors (Lipinski definition) is 1. The van der Waals surface area contributed by atoms with Crippen LogP contribution in [0.5, 0.6) is 0 Å². The monoisotopic (exact) mass is 371 g/mol. The molecular weight excluding hydrogens is 357 g/mol. The van der Waals surface area contributed by atoms with Crippen molar-refractivity contribution in [2.24, 2.45) is 0 Å². The molecule has 0 bridgehead atoms. The lowest BCUT2D eigenvalue weighted by atomic mass is 10.0. The quantitative estimate of drug-likeness (QED) is 0.556. The van der Waals surface area contributed by atoms with E-state index in [1.54, 1.807) is 0 Å². The summed E-state index contributed by atoms with van der Waals surface area (Å²) in [7, 11) is 0. The summed E-state index contributed by atoms with van der Waals surface area (Å²) in [6.45, 7) is 4.15. The molecule has 1 nitrogen and oxygen atoms in total. The van der Waals surface area contributed by atoms with Crippen LogP contribution in [0.1, 0.15) is 27.8 Å². The minimum absolute atomic E-state index is 0.0213. The van der Waals surface area contributed by atoms with Crippen molar-refractivity contribution < 1.29 is 0 Å². The van der Waals surface area contributed by atoms with E-state index in [0.29, 0.717) is 0 Å². The lowest BCUT2D eigenvalue weighted by Gasteiger charge is -2.13. The highest BCUT2D eigenvalue weighted by molar-refractivity contribution is 14.1. The largest absolute Gasteiger partial charge is 0.261 e. The van der Waals surface area contributed by atoms with Gasteiger partial charge in [-0.05, 0) is 59.2 Å². The number of nitrogens with zero attached hydrogens (tertiary/aromatic N) is 1. The number of hydrogen-bond donors (Lipinski definition) is 0. The lowest BCUT2D eigenvalue weighted by molar-refractivity contribution is 0.872. The van der Waals surface area contributed by atoms with Crippen LogP contribution in [0.25, 0.3) is 0 Å². The second kappa shape index (κ2) is 6.02. The molecule has 1 heterocycles. The summed E-state index contributed by atoms with van der Waals surface area (Å²) < 4.78 is 1.25. The van der Waals surface area contributed by atoms with Crippen LogP contribution in [-0.4, -0.2) is 4.98 Å². The van der Waals surface area contributed by atoms with Gasteiger partial charge in [-0.1, -0.05) is 24.3 Å². The molecule has 1 unspecified atom stereocenters. The third-order valence-corrected chi connectivity index (χ3v) is 4.78. The first-order valence-corrected chi connectivity index (χ1v) is 7.40. The molecule has 0 aliphatic rings. The lowest BCUT2D eigenvalue weighted by Crippen LogP contribution is -2.01. The van der Waals surface area contributed by atoms with E-state index in [1.165, 1.54) is 20.3 Å². The van der Waals surface area contributed by atoms with E-state index in [2.05, 4.69) is 58.8 Å². The van der Waals surface area contributed by atoms with Gasteiger partial charge in [0.1, 0.15) is 0 Å². The van der Waals surface area contributed by atoms with E-state index in [0.717, 1.165) is 12.1 Å². The Labute approximate surface area is 127 Å². The van der Waals surface area contributed by atoms with Gasteiger partial charge in [0.2, 0.25) is 0 Å². The number of rotatable bonds is 3. The van der Waals surface area contributed by atoms with E-state index >= 15 is 0 Å². The molecule has 0 spiro atoms. The maximum atomic E-state index is 6.51. The van der Waals surface area contributed by atoms with Crippen LogP contribution in [0.3, 0.4) is 0 Å².